The molecular formula is C6Cl2F8O. The van der Waals surface area contributed by atoms with E-state index in [0.717, 1.165) is 0 Å². The van der Waals surface area contributed by atoms with Crippen LogP contribution in [-0.4, -0.2) is 12.2 Å². The van der Waals surface area contributed by atoms with Crippen molar-refractivity contribution in [2.75, 3.05) is 0 Å². The smallest absolute Gasteiger partial charge is 0.243 e. The van der Waals surface area contributed by atoms with Crippen LogP contribution in [0.25, 0.3) is 0 Å². The lowest BCUT2D eigenvalue weighted by atomic mass is 10.5. The standard InChI is InChI=1S/C6Cl2F8O/c7-3(11)1(9)5(13,14)17-6(15,16)2(10)4(8)12/b3-1-,4-2-. The van der Waals surface area contributed by atoms with E-state index in [4.69, 9.17) is 0 Å². The van der Waals surface area contributed by atoms with E-state index in [9.17, 15) is 35.1 Å². The summed E-state index contributed by atoms with van der Waals surface area (Å²) >= 11 is 8.22. The Kier molecular flexibility index (Phi) is 5.23. The highest BCUT2D eigenvalue weighted by molar-refractivity contribution is 6.28. The Morgan fingerprint density at radius 2 is 0.941 bits per heavy atom. The van der Waals surface area contributed by atoms with Gasteiger partial charge in [-0.25, -0.2) is 4.74 Å². The van der Waals surface area contributed by atoms with E-state index in [1.165, 1.54) is 0 Å². The van der Waals surface area contributed by atoms with Crippen molar-refractivity contribution in [1.29, 1.82) is 0 Å². The number of rotatable bonds is 4. The van der Waals surface area contributed by atoms with Gasteiger partial charge in [0.25, 0.3) is 0 Å². The molecule has 0 aromatic heterocycles. The quantitative estimate of drug-likeness (QED) is 0.672. The summed E-state index contributed by atoms with van der Waals surface area (Å²) in [5.41, 5.74) is 0. The first-order valence-corrected chi connectivity index (χ1v) is 4.05. The molecule has 0 aliphatic heterocycles. The predicted octanol–water partition coefficient (Wildman–Crippen LogP) is 4.88. The van der Waals surface area contributed by atoms with Gasteiger partial charge in [-0.2, -0.15) is 35.1 Å². The molecule has 0 atom stereocenters. The highest BCUT2D eigenvalue weighted by atomic mass is 35.5. The van der Waals surface area contributed by atoms with E-state index in [1.807, 2.05) is 0 Å². The molecule has 0 aromatic rings. The third kappa shape index (κ3) is 4.32. The molecule has 0 N–H and O–H groups in total. The highest BCUT2D eigenvalue weighted by Crippen LogP contribution is 2.40. The molecule has 1 nitrogen and oxygen atoms in total. The van der Waals surface area contributed by atoms with Crippen LogP contribution in [0.15, 0.2) is 22.2 Å². The Hall–Kier alpha value is -0.540. The molecule has 0 fully saturated rings. The van der Waals surface area contributed by atoms with Crippen LogP contribution >= 0.6 is 23.2 Å². The van der Waals surface area contributed by atoms with Crippen molar-refractivity contribution in [1.82, 2.24) is 0 Å². The zero-order valence-electron chi connectivity index (χ0n) is 7.19. The summed E-state index contributed by atoms with van der Waals surface area (Å²) in [6.07, 6.45) is -11.2. The molecule has 0 amide bonds. The van der Waals surface area contributed by atoms with Gasteiger partial charge in [0.15, 0.2) is 0 Å². The second-order valence-electron chi connectivity index (χ2n) is 2.28. The van der Waals surface area contributed by atoms with Gasteiger partial charge in [0.2, 0.25) is 22.2 Å². The lowest BCUT2D eigenvalue weighted by Gasteiger charge is -2.20. The normalized spacial score (nSPS) is 16.6. The van der Waals surface area contributed by atoms with Crippen molar-refractivity contribution in [2.45, 2.75) is 12.2 Å². The maximum atomic E-state index is 12.4. The zero-order valence-corrected chi connectivity index (χ0v) is 8.70. The first-order valence-electron chi connectivity index (χ1n) is 3.30. The van der Waals surface area contributed by atoms with Gasteiger partial charge >= 0.3 is 12.2 Å². The number of hydrogen-bond donors (Lipinski definition) is 0. The Bertz CT molecular complexity index is 321. The second kappa shape index (κ2) is 5.40. The maximum absolute atomic E-state index is 12.4. The fraction of sp³-hybridized carbons (Fsp3) is 0.333. The number of alkyl halides is 4. The van der Waals surface area contributed by atoms with Crippen LogP contribution < -0.4 is 0 Å². The molecule has 0 saturated heterocycles. The molecule has 0 rings (SSSR count). The fourth-order valence-electron chi connectivity index (χ4n) is 0.471. The first kappa shape index (κ1) is 16.5. The van der Waals surface area contributed by atoms with Gasteiger partial charge in [0, 0.05) is 0 Å². The molecule has 0 spiro atoms. The van der Waals surface area contributed by atoms with Crippen LogP contribution in [-0.2, 0) is 4.74 Å². The molecule has 0 unspecified atom stereocenters. The molecular weight excluding hydrogens is 311 g/mol. The Morgan fingerprint density at radius 1 is 0.706 bits per heavy atom. The summed E-state index contributed by atoms with van der Waals surface area (Å²) in [6.45, 7) is 0. The average Bonchev–Trinajstić information content (AvgIpc) is 2.13. The minimum atomic E-state index is -5.61. The molecule has 0 heterocycles. The molecule has 17 heavy (non-hydrogen) atoms. The first-order chi connectivity index (χ1) is 7.42. The topological polar surface area (TPSA) is 9.23 Å². The molecule has 0 saturated carbocycles. The lowest BCUT2D eigenvalue weighted by Crippen LogP contribution is -2.34. The molecule has 0 aliphatic carbocycles. The van der Waals surface area contributed by atoms with Crippen LogP contribution in [0.5, 0.6) is 0 Å². The van der Waals surface area contributed by atoms with Crippen molar-refractivity contribution < 1.29 is 39.9 Å². The van der Waals surface area contributed by atoms with Crippen LogP contribution in [0.2, 0.25) is 0 Å². The van der Waals surface area contributed by atoms with Crippen molar-refractivity contribution in [3.05, 3.63) is 22.2 Å². The molecule has 0 aliphatic rings. The monoisotopic (exact) mass is 310 g/mol. The van der Waals surface area contributed by atoms with Gasteiger partial charge in [0.05, 0.1) is 0 Å². The van der Waals surface area contributed by atoms with Gasteiger partial charge in [-0.05, 0) is 23.2 Å². The summed E-state index contributed by atoms with van der Waals surface area (Å²) in [6, 6.07) is 0. The third-order valence-corrected chi connectivity index (χ3v) is 1.43. The molecule has 11 heteroatoms. The van der Waals surface area contributed by atoms with E-state index < -0.39 is 34.4 Å². The van der Waals surface area contributed by atoms with E-state index in [-0.39, 0.29) is 0 Å². The van der Waals surface area contributed by atoms with Crippen LogP contribution in [0.3, 0.4) is 0 Å². The molecule has 0 aromatic carbocycles. The van der Waals surface area contributed by atoms with E-state index in [1.54, 1.807) is 0 Å². The summed E-state index contributed by atoms with van der Waals surface area (Å²) in [5.74, 6) is -6.47. The molecule has 100 valence electrons. The van der Waals surface area contributed by atoms with Crippen molar-refractivity contribution >= 4 is 23.2 Å². The van der Waals surface area contributed by atoms with Crippen LogP contribution in [0, 0.1) is 0 Å². The highest BCUT2D eigenvalue weighted by Gasteiger charge is 2.53. The number of hydrogen-bond acceptors (Lipinski definition) is 1. The van der Waals surface area contributed by atoms with E-state index >= 15 is 0 Å². The number of halogens is 10. The van der Waals surface area contributed by atoms with E-state index in [0.29, 0.717) is 0 Å². The summed E-state index contributed by atoms with van der Waals surface area (Å²) in [4.78, 5) is 0. The zero-order chi connectivity index (χ0) is 14.0. The lowest BCUT2D eigenvalue weighted by molar-refractivity contribution is -0.353. The second-order valence-corrected chi connectivity index (χ2v) is 2.95. The van der Waals surface area contributed by atoms with Crippen LogP contribution in [0.4, 0.5) is 35.1 Å². The molecule has 0 radical (unpaired) electrons. The van der Waals surface area contributed by atoms with Crippen LogP contribution in [0.1, 0.15) is 0 Å². The minimum absolute atomic E-state index is 2.29. The Morgan fingerprint density at radius 3 is 1.12 bits per heavy atom. The third-order valence-electron chi connectivity index (χ3n) is 1.10. The predicted molar refractivity (Wildman–Crippen MR) is 41.2 cm³/mol. The SMILES string of the molecule is F/C(Cl)=C(\F)C(F)(F)OC(F)(F)/C(F)=C(/F)Cl. The van der Waals surface area contributed by atoms with Crippen molar-refractivity contribution in [3.8, 4) is 0 Å². The van der Waals surface area contributed by atoms with Gasteiger partial charge in [-0.3, -0.25) is 0 Å². The summed E-state index contributed by atoms with van der Waals surface area (Å²) in [5, 5.41) is -5.39. The summed E-state index contributed by atoms with van der Waals surface area (Å²) < 4.78 is 99.7. The Labute approximate surface area is 98.2 Å². The van der Waals surface area contributed by atoms with Gasteiger partial charge < -0.3 is 0 Å². The fourth-order valence-corrected chi connectivity index (χ4v) is 0.691. The Balaban J connectivity index is 5.22. The van der Waals surface area contributed by atoms with Gasteiger partial charge in [0.1, 0.15) is 0 Å². The average molecular weight is 311 g/mol. The molecule has 0 bridgehead atoms. The van der Waals surface area contributed by atoms with Gasteiger partial charge in [-0.15, -0.1) is 0 Å². The minimum Gasteiger partial charge on any atom is -0.243 e. The van der Waals surface area contributed by atoms with E-state index in [2.05, 4.69) is 27.9 Å². The van der Waals surface area contributed by atoms with Crippen molar-refractivity contribution in [3.63, 3.8) is 0 Å². The largest absolute Gasteiger partial charge is 0.418 e. The summed E-state index contributed by atoms with van der Waals surface area (Å²) in [7, 11) is 0. The number of ether oxygens (including phenoxy) is 1. The van der Waals surface area contributed by atoms with Gasteiger partial charge in [-0.1, -0.05) is 0 Å². The van der Waals surface area contributed by atoms with Crippen molar-refractivity contribution in [2.24, 2.45) is 0 Å². The maximum Gasteiger partial charge on any atom is 0.418 e.